The standard InChI is InChI=1S/C14H24/c1-3-4-12-5-7-13(8-6-12)14-9-11(2)10-14/h3-4,11-14H,5-10H2,1-2H3/b4-3+. The molecule has 0 N–H and O–H groups in total. The fourth-order valence-corrected chi connectivity index (χ4v) is 3.43. The third-order valence-corrected chi connectivity index (χ3v) is 4.36. The molecule has 0 radical (unpaired) electrons. The Morgan fingerprint density at radius 1 is 0.929 bits per heavy atom. The van der Waals surface area contributed by atoms with E-state index in [4.69, 9.17) is 0 Å². The molecule has 0 heteroatoms. The molecule has 2 rings (SSSR count). The first kappa shape index (κ1) is 10.3. The van der Waals surface area contributed by atoms with Crippen LogP contribution in [0.25, 0.3) is 0 Å². The van der Waals surface area contributed by atoms with Crippen LogP contribution in [-0.2, 0) is 0 Å². The fourth-order valence-electron chi connectivity index (χ4n) is 3.43. The Hall–Kier alpha value is -0.260. The molecule has 2 fully saturated rings. The SMILES string of the molecule is C/C=C/C1CCC(C2CC(C)C2)CC1. The van der Waals surface area contributed by atoms with E-state index in [1.54, 1.807) is 0 Å². The van der Waals surface area contributed by atoms with Crippen molar-refractivity contribution in [2.75, 3.05) is 0 Å². The van der Waals surface area contributed by atoms with Gasteiger partial charge in [-0.05, 0) is 69.1 Å². The Balaban J connectivity index is 1.73. The Bertz CT molecular complexity index is 190. The summed E-state index contributed by atoms with van der Waals surface area (Å²) in [5.74, 6) is 4.14. The van der Waals surface area contributed by atoms with E-state index < -0.39 is 0 Å². The van der Waals surface area contributed by atoms with E-state index in [1.165, 1.54) is 38.5 Å². The Labute approximate surface area is 88.8 Å². The predicted molar refractivity (Wildman–Crippen MR) is 62.2 cm³/mol. The summed E-state index contributed by atoms with van der Waals surface area (Å²) in [5, 5.41) is 0. The van der Waals surface area contributed by atoms with Crippen LogP contribution in [0.2, 0.25) is 0 Å². The minimum atomic E-state index is 0.911. The first-order valence-corrected chi connectivity index (χ1v) is 6.42. The molecule has 0 aromatic rings. The molecule has 0 amide bonds. The van der Waals surface area contributed by atoms with Crippen LogP contribution < -0.4 is 0 Å². The second-order valence-electron chi connectivity index (χ2n) is 5.54. The Morgan fingerprint density at radius 3 is 2.07 bits per heavy atom. The minimum Gasteiger partial charge on any atom is -0.0914 e. The minimum absolute atomic E-state index is 0.911. The first-order chi connectivity index (χ1) is 6.79. The topological polar surface area (TPSA) is 0 Å². The molecule has 0 atom stereocenters. The zero-order valence-corrected chi connectivity index (χ0v) is 9.71. The van der Waals surface area contributed by atoms with Crippen molar-refractivity contribution >= 4 is 0 Å². The van der Waals surface area contributed by atoms with Gasteiger partial charge in [0, 0.05) is 0 Å². The molecule has 0 unspecified atom stereocenters. The molecule has 2 aliphatic rings. The smallest absolute Gasteiger partial charge is 0.0233 e. The molecule has 0 bridgehead atoms. The van der Waals surface area contributed by atoms with Gasteiger partial charge in [0.15, 0.2) is 0 Å². The average molecular weight is 192 g/mol. The first-order valence-electron chi connectivity index (χ1n) is 6.42. The van der Waals surface area contributed by atoms with Gasteiger partial charge in [0.05, 0.1) is 0 Å². The summed E-state index contributed by atoms with van der Waals surface area (Å²) in [6, 6.07) is 0. The normalized spacial score (nSPS) is 43.9. The van der Waals surface area contributed by atoms with Gasteiger partial charge in [0.25, 0.3) is 0 Å². The number of hydrogen-bond donors (Lipinski definition) is 0. The van der Waals surface area contributed by atoms with Crippen LogP contribution in [0.4, 0.5) is 0 Å². The quantitative estimate of drug-likeness (QED) is 0.568. The summed E-state index contributed by atoms with van der Waals surface area (Å²) >= 11 is 0. The molecule has 0 spiro atoms. The van der Waals surface area contributed by atoms with Crippen molar-refractivity contribution < 1.29 is 0 Å². The van der Waals surface area contributed by atoms with Crippen LogP contribution in [0.3, 0.4) is 0 Å². The van der Waals surface area contributed by atoms with Crippen LogP contribution in [0.15, 0.2) is 12.2 Å². The van der Waals surface area contributed by atoms with Gasteiger partial charge in [-0.2, -0.15) is 0 Å². The molecular weight excluding hydrogens is 168 g/mol. The molecule has 0 aromatic heterocycles. The Kier molecular flexibility index (Phi) is 3.30. The highest BCUT2D eigenvalue weighted by atomic mass is 14.4. The Morgan fingerprint density at radius 2 is 1.57 bits per heavy atom. The lowest BCUT2D eigenvalue weighted by Crippen LogP contribution is -2.30. The lowest BCUT2D eigenvalue weighted by molar-refractivity contribution is 0.100. The van der Waals surface area contributed by atoms with E-state index in [1.807, 2.05) is 0 Å². The van der Waals surface area contributed by atoms with Gasteiger partial charge in [-0.15, -0.1) is 0 Å². The van der Waals surface area contributed by atoms with Crippen LogP contribution in [-0.4, -0.2) is 0 Å². The van der Waals surface area contributed by atoms with Crippen molar-refractivity contribution in [3.05, 3.63) is 12.2 Å². The van der Waals surface area contributed by atoms with E-state index in [0.29, 0.717) is 0 Å². The van der Waals surface area contributed by atoms with Gasteiger partial charge in [0.2, 0.25) is 0 Å². The summed E-state index contributed by atoms with van der Waals surface area (Å²) in [7, 11) is 0. The number of hydrogen-bond acceptors (Lipinski definition) is 0. The van der Waals surface area contributed by atoms with Gasteiger partial charge in [0.1, 0.15) is 0 Å². The van der Waals surface area contributed by atoms with Crippen LogP contribution in [0, 0.1) is 23.7 Å². The summed E-state index contributed by atoms with van der Waals surface area (Å²) in [4.78, 5) is 0. The maximum atomic E-state index is 2.42. The van der Waals surface area contributed by atoms with Crippen LogP contribution >= 0.6 is 0 Å². The summed E-state index contributed by atoms with van der Waals surface area (Å²) in [6.45, 7) is 4.56. The maximum Gasteiger partial charge on any atom is -0.0233 e. The van der Waals surface area contributed by atoms with Crippen molar-refractivity contribution in [3.63, 3.8) is 0 Å². The third kappa shape index (κ3) is 2.21. The zero-order valence-electron chi connectivity index (χ0n) is 9.71. The van der Waals surface area contributed by atoms with E-state index in [2.05, 4.69) is 26.0 Å². The van der Waals surface area contributed by atoms with E-state index in [9.17, 15) is 0 Å². The molecule has 80 valence electrons. The molecular formula is C14H24. The average Bonchev–Trinajstić information content (AvgIpc) is 2.15. The van der Waals surface area contributed by atoms with Crippen LogP contribution in [0.5, 0.6) is 0 Å². The second-order valence-corrected chi connectivity index (χ2v) is 5.54. The van der Waals surface area contributed by atoms with Crippen molar-refractivity contribution in [1.82, 2.24) is 0 Å². The zero-order chi connectivity index (χ0) is 9.97. The molecule has 0 heterocycles. The predicted octanol–water partition coefficient (Wildman–Crippen LogP) is 4.42. The van der Waals surface area contributed by atoms with Gasteiger partial charge in [-0.25, -0.2) is 0 Å². The van der Waals surface area contributed by atoms with Crippen molar-refractivity contribution in [2.24, 2.45) is 23.7 Å². The van der Waals surface area contributed by atoms with E-state index in [-0.39, 0.29) is 0 Å². The third-order valence-electron chi connectivity index (χ3n) is 4.36. The fraction of sp³-hybridized carbons (Fsp3) is 0.857. The molecule has 2 saturated carbocycles. The summed E-state index contributed by atoms with van der Waals surface area (Å²) in [5.41, 5.74) is 0. The van der Waals surface area contributed by atoms with Gasteiger partial charge in [-0.3, -0.25) is 0 Å². The molecule has 0 aliphatic heterocycles. The number of allylic oxidation sites excluding steroid dienone is 2. The monoisotopic (exact) mass is 192 g/mol. The lowest BCUT2D eigenvalue weighted by atomic mass is 9.64. The maximum absolute atomic E-state index is 2.42. The largest absolute Gasteiger partial charge is 0.0914 e. The van der Waals surface area contributed by atoms with E-state index >= 15 is 0 Å². The molecule has 0 nitrogen and oxygen atoms in total. The molecule has 0 saturated heterocycles. The highest BCUT2D eigenvalue weighted by molar-refractivity contribution is 4.91. The van der Waals surface area contributed by atoms with Crippen molar-refractivity contribution in [3.8, 4) is 0 Å². The van der Waals surface area contributed by atoms with Gasteiger partial charge in [-0.1, -0.05) is 19.1 Å². The number of rotatable bonds is 2. The molecule has 14 heavy (non-hydrogen) atoms. The summed E-state index contributed by atoms with van der Waals surface area (Å²) < 4.78 is 0. The molecule has 0 aromatic carbocycles. The van der Waals surface area contributed by atoms with Gasteiger partial charge >= 0.3 is 0 Å². The molecule has 2 aliphatic carbocycles. The van der Waals surface area contributed by atoms with Gasteiger partial charge < -0.3 is 0 Å². The lowest BCUT2D eigenvalue weighted by Gasteiger charge is -2.41. The van der Waals surface area contributed by atoms with Crippen LogP contribution in [0.1, 0.15) is 52.4 Å². The van der Waals surface area contributed by atoms with Crippen molar-refractivity contribution in [2.45, 2.75) is 52.4 Å². The van der Waals surface area contributed by atoms with Crippen molar-refractivity contribution in [1.29, 1.82) is 0 Å². The second kappa shape index (κ2) is 4.51. The summed E-state index contributed by atoms with van der Waals surface area (Å²) in [6.07, 6.45) is 13.6. The highest BCUT2D eigenvalue weighted by Gasteiger charge is 2.33. The van der Waals surface area contributed by atoms with E-state index in [0.717, 1.165) is 23.7 Å². The highest BCUT2D eigenvalue weighted by Crippen LogP contribution is 2.45.